The molecule has 4 rings (SSSR count). The number of carbonyl (C=O) groups is 2. The van der Waals surface area contributed by atoms with Gasteiger partial charge < -0.3 is 14.7 Å². The van der Waals surface area contributed by atoms with E-state index >= 15 is 0 Å². The van der Waals surface area contributed by atoms with Crippen molar-refractivity contribution in [3.63, 3.8) is 0 Å². The number of nitrogens with zero attached hydrogens (tertiary/aromatic N) is 5. The molecule has 7 nitrogen and oxygen atoms in total. The van der Waals surface area contributed by atoms with Crippen LogP contribution in [0.15, 0.2) is 36.7 Å². The molecule has 2 aromatic rings. The Kier molecular flexibility index (Phi) is 4.28. The Morgan fingerprint density at radius 1 is 1.12 bits per heavy atom. The van der Waals surface area contributed by atoms with Crippen molar-refractivity contribution in [3.8, 4) is 0 Å². The molecular formula is C19H21N5O2. The zero-order valence-corrected chi connectivity index (χ0v) is 14.7. The average Bonchev–Trinajstić information content (AvgIpc) is 3.03. The van der Waals surface area contributed by atoms with Crippen molar-refractivity contribution in [2.45, 2.75) is 19.4 Å². The van der Waals surface area contributed by atoms with E-state index in [1.54, 1.807) is 22.2 Å². The summed E-state index contributed by atoms with van der Waals surface area (Å²) in [6.07, 6.45) is 5.02. The lowest BCUT2D eigenvalue weighted by molar-refractivity contribution is -0.119. The van der Waals surface area contributed by atoms with Crippen LogP contribution in [0.5, 0.6) is 0 Å². The third-order valence-corrected chi connectivity index (χ3v) is 5.06. The van der Waals surface area contributed by atoms with E-state index in [2.05, 4.69) is 33.9 Å². The molecule has 2 aliphatic rings. The molecule has 0 N–H and O–H groups in total. The Hall–Kier alpha value is -2.96. The second-order valence-corrected chi connectivity index (χ2v) is 6.75. The first kappa shape index (κ1) is 16.5. The molecule has 2 aliphatic heterocycles. The smallest absolute Gasteiger partial charge is 0.274 e. The quantitative estimate of drug-likeness (QED) is 0.784. The molecule has 1 fully saturated rings. The molecule has 1 aromatic heterocycles. The average molecular weight is 351 g/mol. The number of benzene rings is 1. The minimum atomic E-state index is -0.135. The highest BCUT2D eigenvalue weighted by molar-refractivity contribution is 5.92. The molecule has 0 aliphatic carbocycles. The molecule has 0 bridgehead atoms. The number of hydrogen-bond acceptors (Lipinski definition) is 5. The van der Waals surface area contributed by atoms with Crippen LogP contribution in [0.1, 0.15) is 23.0 Å². The van der Waals surface area contributed by atoms with E-state index in [0.29, 0.717) is 37.9 Å². The normalized spacial score (nSPS) is 19.4. The summed E-state index contributed by atoms with van der Waals surface area (Å²) in [4.78, 5) is 37.8. The Balaban J connectivity index is 1.51. The van der Waals surface area contributed by atoms with E-state index in [1.165, 1.54) is 5.56 Å². The first-order valence-electron chi connectivity index (χ1n) is 8.85. The predicted octanol–water partition coefficient (Wildman–Crippen LogP) is 1.47. The van der Waals surface area contributed by atoms with Crippen LogP contribution in [-0.4, -0.2) is 64.3 Å². The van der Waals surface area contributed by atoms with Crippen molar-refractivity contribution < 1.29 is 9.59 Å². The lowest BCUT2D eigenvalue weighted by atomic mass is 10.1. The number of rotatable bonds is 3. The summed E-state index contributed by atoms with van der Waals surface area (Å²) < 4.78 is 0. The number of para-hydroxylation sites is 1. The number of anilines is 2. The van der Waals surface area contributed by atoms with Crippen molar-refractivity contribution in [2.75, 3.05) is 31.1 Å². The molecule has 26 heavy (non-hydrogen) atoms. The molecule has 0 spiro atoms. The topological polar surface area (TPSA) is 69.6 Å². The van der Waals surface area contributed by atoms with Crippen molar-refractivity contribution in [1.29, 1.82) is 0 Å². The Bertz CT molecular complexity index is 815. The largest absolute Gasteiger partial charge is 0.342 e. The van der Waals surface area contributed by atoms with Crippen LogP contribution in [0.25, 0.3) is 0 Å². The number of fused-ring (bicyclic) bond motifs is 1. The summed E-state index contributed by atoms with van der Waals surface area (Å²) in [7, 11) is 0. The first-order chi connectivity index (χ1) is 12.7. The van der Waals surface area contributed by atoms with Crippen LogP contribution in [0, 0.1) is 0 Å². The zero-order valence-electron chi connectivity index (χ0n) is 14.7. The number of piperazine rings is 1. The fourth-order valence-electron chi connectivity index (χ4n) is 3.66. The molecule has 3 heterocycles. The third-order valence-electron chi connectivity index (χ3n) is 5.06. The van der Waals surface area contributed by atoms with Crippen LogP contribution in [-0.2, 0) is 11.2 Å². The van der Waals surface area contributed by atoms with E-state index in [9.17, 15) is 9.59 Å². The standard InChI is InChI=1S/C19H21N5O2/c1-14-10-15-4-2-3-5-17(15)24(14)18-12-20-16(11-21-18)19(26)23-8-6-22(13-25)7-9-23/h2-5,11-14H,6-10H2,1H3. The minimum Gasteiger partial charge on any atom is -0.342 e. The second-order valence-electron chi connectivity index (χ2n) is 6.75. The van der Waals surface area contributed by atoms with Gasteiger partial charge in [-0.05, 0) is 25.0 Å². The molecule has 0 radical (unpaired) electrons. The van der Waals surface area contributed by atoms with Gasteiger partial charge in [-0.25, -0.2) is 9.97 Å². The van der Waals surface area contributed by atoms with Gasteiger partial charge in [-0.2, -0.15) is 0 Å². The second kappa shape index (κ2) is 6.74. The van der Waals surface area contributed by atoms with Gasteiger partial charge in [0.2, 0.25) is 6.41 Å². The highest BCUT2D eigenvalue weighted by atomic mass is 16.2. The monoisotopic (exact) mass is 351 g/mol. The maximum atomic E-state index is 12.6. The highest BCUT2D eigenvalue weighted by Gasteiger charge is 2.28. The van der Waals surface area contributed by atoms with Crippen LogP contribution >= 0.6 is 0 Å². The van der Waals surface area contributed by atoms with E-state index in [4.69, 9.17) is 0 Å². The lowest BCUT2D eigenvalue weighted by Gasteiger charge is -2.32. The van der Waals surface area contributed by atoms with Gasteiger partial charge in [-0.1, -0.05) is 18.2 Å². The van der Waals surface area contributed by atoms with Gasteiger partial charge in [0.15, 0.2) is 5.82 Å². The van der Waals surface area contributed by atoms with Crippen LogP contribution in [0.3, 0.4) is 0 Å². The number of aromatic nitrogens is 2. The van der Waals surface area contributed by atoms with Crippen LogP contribution < -0.4 is 4.90 Å². The predicted molar refractivity (Wildman–Crippen MR) is 97.3 cm³/mol. The number of carbonyl (C=O) groups excluding carboxylic acids is 2. The van der Waals surface area contributed by atoms with Crippen LogP contribution in [0.2, 0.25) is 0 Å². The third kappa shape index (κ3) is 2.89. The SMILES string of the molecule is CC1Cc2ccccc2N1c1cnc(C(=O)N2CCN(C=O)CC2)cn1. The van der Waals surface area contributed by atoms with E-state index in [0.717, 1.165) is 24.3 Å². The van der Waals surface area contributed by atoms with Crippen LogP contribution in [0.4, 0.5) is 11.5 Å². The van der Waals surface area contributed by atoms with Gasteiger partial charge in [0.1, 0.15) is 5.69 Å². The maximum absolute atomic E-state index is 12.6. The van der Waals surface area contributed by atoms with Crippen molar-refractivity contribution in [3.05, 3.63) is 47.9 Å². The lowest BCUT2D eigenvalue weighted by Crippen LogP contribution is -2.48. The van der Waals surface area contributed by atoms with Gasteiger partial charge in [0.05, 0.1) is 12.4 Å². The number of amides is 2. The molecule has 1 atom stereocenters. The minimum absolute atomic E-state index is 0.135. The van der Waals surface area contributed by atoms with Crippen molar-refractivity contribution in [1.82, 2.24) is 19.8 Å². The first-order valence-corrected chi connectivity index (χ1v) is 8.85. The summed E-state index contributed by atoms with van der Waals surface area (Å²) >= 11 is 0. The van der Waals surface area contributed by atoms with Crippen molar-refractivity contribution in [2.24, 2.45) is 0 Å². The highest BCUT2D eigenvalue weighted by Crippen LogP contribution is 2.36. The summed E-state index contributed by atoms with van der Waals surface area (Å²) in [6.45, 7) is 4.33. The molecule has 134 valence electrons. The maximum Gasteiger partial charge on any atom is 0.274 e. The summed E-state index contributed by atoms with van der Waals surface area (Å²) in [5.74, 6) is 0.620. The van der Waals surface area contributed by atoms with E-state index in [-0.39, 0.29) is 5.91 Å². The summed E-state index contributed by atoms with van der Waals surface area (Å²) in [5, 5.41) is 0. The number of hydrogen-bond donors (Lipinski definition) is 0. The van der Waals surface area contributed by atoms with Gasteiger partial charge >= 0.3 is 0 Å². The van der Waals surface area contributed by atoms with Gasteiger partial charge in [-0.3, -0.25) is 9.59 Å². The molecule has 1 saturated heterocycles. The fraction of sp³-hybridized carbons (Fsp3) is 0.368. The molecule has 0 saturated carbocycles. The molecule has 7 heteroatoms. The molecule has 1 aromatic carbocycles. The van der Waals surface area contributed by atoms with E-state index in [1.807, 2.05) is 12.1 Å². The molecule has 2 amide bonds. The van der Waals surface area contributed by atoms with Gasteiger partial charge in [0, 0.05) is 37.9 Å². The van der Waals surface area contributed by atoms with E-state index < -0.39 is 0 Å². The van der Waals surface area contributed by atoms with Crippen molar-refractivity contribution >= 4 is 23.8 Å². The summed E-state index contributed by atoms with van der Waals surface area (Å²) in [5.41, 5.74) is 2.79. The Labute approximate surface area is 152 Å². The molecule has 1 unspecified atom stereocenters. The summed E-state index contributed by atoms with van der Waals surface area (Å²) in [6, 6.07) is 8.60. The van der Waals surface area contributed by atoms with Gasteiger partial charge in [0.25, 0.3) is 5.91 Å². The Morgan fingerprint density at radius 3 is 2.58 bits per heavy atom. The van der Waals surface area contributed by atoms with Gasteiger partial charge in [-0.15, -0.1) is 0 Å². The Morgan fingerprint density at radius 2 is 1.88 bits per heavy atom. The fourth-order valence-corrected chi connectivity index (χ4v) is 3.66. The zero-order chi connectivity index (χ0) is 18.1. The molecular weight excluding hydrogens is 330 g/mol.